The van der Waals surface area contributed by atoms with Crippen LogP contribution in [0.15, 0.2) is 56.6 Å². The first-order valence-electron chi connectivity index (χ1n) is 7.18. The summed E-state index contributed by atoms with van der Waals surface area (Å²) in [5.74, 6) is -0.612. The zero-order valence-electron chi connectivity index (χ0n) is 12.5. The highest BCUT2D eigenvalue weighted by atomic mass is 32.2. The van der Waals surface area contributed by atoms with Crippen LogP contribution in [0, 0.1) is 0 Å². The van der Waals surface area contributed by atoms with Crippen molar-refractivity contribution in [1.82, 2.24) is 9.71 Å². The van der Waals surface area contributed by atoms with Gasteiger partial charge in [0.2, 0.25) is 10.0 Å². The molecule has 120 valence electrons. The molecule has 3 rings (SSSR count). The van der Waals surface area contributed by atoms with E-state index in [4.69, 9.17) is 4.42 Å². The molecule has 0 aliphatic heterocycles. The molecule has 1 heterocycles. The van der Waals surface area contributed by atoms with E-state index in [1.807, 2.05) is 24.3 Å². The minimum atomic E-state index is -3.68. The van der Waals surface area contributed by atoms with Crippen LogP contribution < -0.4 is 10.5 Å². The van der Waals surface area contributed by atoms with E-state index in [2.05, 4.69) is 16.6 Å². The first kappa shape index (κ1) is 15.5. The molecule has 0 aliphatic rings. The Kier molecular flexibility index (Phi) is 4.06. The lowest BCUT2D eigenvalue weighted by Crippen LogP contribution is -2.23. The fraction of sp³-hybridized carbons (Fsp3) is 0.188. The van der Waals surface area contributed by atoms with Crippen LogP contribution in [-0.2, 0) is 23.0 Å². The highest BCUT2D eigenvalue weighted by Gasteiger charge is 2.15. The molecule has 0 aliphatic carbocycles. The van der Waals surface area contributed by atoms with E-state index in [0.717, 1.165) is 12.0 Å². The van der Waals surface area contributed by atoms with Crippen molar-refractivity contribution in [1.29, 1.82) is 0 Å². The minimum Gasteiger partial charge on any atom is -0.408 e. The maximum absolute atomic E-state index is 12.3. The van der Waals surface area contributed by atoms with Gasteiger partial charge in [-0.1, -0.05) is 31.2 Å². The van der Waals surface area contributed by atoms with Crippen LogP contribution in [0.2, 0.25) is 0 Å². The smallest absolute Gasteiger partial charge is 0.408 e. The molecule has 3 aromatic rings. The molecule has 1 aromatic heterocycles. The van der Waals surface area contributed by atoms with Crippen molar-refractivity contribution in [3.63, 3.8) is 0 Å². The third-order valence-corrected chi connectivity index (χ3v) is 5.00. The summed E-state index contributed by atoms with van der Waals surface area (Å²) in [7, 11) is -3.68. The van der Waals surface area contributed by atoms with E-state index in [-0.39, 0.29) is 17.0 Å². The third-order valence-electron chi connectivity index (χ3n) is 3.60. The maximum Gasteiger partial charge on any atom is 0.417 e. The Hall–Kier alpha value is -2.38. The molecule has 7 heteroatoms. The number of hydrogen-bond acceptors (Lipinski definition) is 4. The number of nitrogens with one attached hydrogen (secondary N) is 2. The van der Waals surface area contributed by atoms with Gasteiger partial charge in [0.15, 0.2) is 5.58 Å². The number of H-pyrrole nitrogens is 1. The fourth-order valence-corrected chi connectivity index (χ4v) is 3.28. The molecule has 0 saturated carbocycles. The Morgan fingerprint density at radius 2 is 1.78 bits per heavy atom. The number of aryl methyl sites for hydroxylation is 1. The molecule has 0 saturated heterocycles. The molecule has 23 heavy (non-hydrogen) atoms. The Labute approximate surface area is 133 Å². The molecular formula is C16H16N2O4S. The normalized spacial score (nSPS) is 11.9. The first-order valence-corrected chi connectivity index (χ1v) is 8.66. The Morgan fingerprint density at radius 3 is 2.48 bits per heavy atom. The number of fused-ring (bicyclic) bond motifs is 1. The van der Waals surface area contributed by atoms with Crippen molar-refractivity contribution in [2.24, 2.45) is 0 Å². The lowest BCUT2D eigenvalue weighted by Gasteiger charge is -2.07. The van der Waals surface area contributed by atoms with Crippen LogP contribution in [0.5, 0.6) is 0 Å². The predicted octanol–water partition coefficient (Wildman–Crippen LogP) is 2.16. The van der Waals surface area contributed by atoms with Crippen LogP contribution >= 0.6 is 0 Å². The highest BCUT2D eigenvalue weighted by Crippen LogP contribution is 2.17. The van der Waals surface area contributed by atoms with E-state index in [1.54, 1.807) is 0 Å². The Bertz CT molecular complexity index is 985. The molecule has 0 bridgehead atoms. The second-order valence-corrected chi connectivity index (χ2v) is 6.93. The van der Waals surface area contributed by atoms with Crippen molar-refractivity contribution < 1.29 is 12.8 Å². The third kappa shape index (κ3) is 3.35. The summed E-state index contributed by atoms with van der Waals surface area (Å²) in [4.78, 5) is 13.6. The number of aromatic nitrogens is 1. The van der Waals surface area contributed by atoms with E-state index >= 15 is 0 Å². The second-order valence-electron chi connectivity index (χ2n) is 5.17. The molecule has 0 unspecified atom stereocenters. The van der Waals surface area contributed by atoms with E-state index < -0.39 is 15.8 Å². The molecule has 6 nitrogen and oxygen atoms in total. The summed E-state index contributed by atoms with van der Waals surface area (Å²) >= 11 is 0. The largest absolute Gasteiger partial charge is 0.417 e. The molecule has 2 aromatic carbocycles. The van der Waals surface area contributed by atoms with Gasteiger partial charge in [0.25, 0.3) is 0 Å². The van der Waals surface area contributed by atoms with Crippen LogP contribution in [0.3, 0.4) is 0 Å². The fourth-order valence-electron chi connectivity index (χ4n) is 2.25. The van der Waals surface area contributed by atoms with Gasteiger partial charge in [-0.25, -0.2) is 17.9 Å². The van der Waals surface area contributed by atoms with Gasteiger partial charge in [0.05, 0.1) is 10.4 Å². The zero-order valence-corrected chi connectivity index (χ0v) is 13.3. The van der Waals surface area contributed by atoms with Gasteiger partial charge in [-0.15, -0.1) is 0 Å². The summed E-state index contributed by atoms with van der Waals surface area (Å²) in [6.45, 7) is 2.26. The van der Waals surface area contributed by atoms with E-state index in [1.165, 1.54) is 23.8 Å². The van der Waals surface area contributed by atoms with Crippen molar-refractivity contribution in [2.75, 3.05) is 0 Å². The lowest BCUT2D eigenvalue weighted by molar-refractivity contribution is 0.553. The zero-order chi connectivity index (χ0) is 16.4. The molecular weight excluding hydrogens is 316 g/mol. The molecule has 0 fully saturated rings. The summed E-state index contributed by atoms with van der Waals surface area (Å²) in [6, 6.07) is 12.0. The van der Waals surface area contributed by atoms with Crippen LogP contribution in [0.4, 0.5) is 0 Å². The number of oxazole rings is 1. The molecule has 0 spiro atoms. The maximum atomic E-state index is 12.3. The van der Waals surface area contributed by atoms with Gasteiger partial charge < -0.3 is 4.42 Å². The molecule has 2 N–H and O–H groups in total. The number of aromatic amines is 1. The Balaban J connectivity index is 1.80. The summed E-state index contributed by atoms with van der Waals surface area (Å²) in [5, 5.41) is 0. The number of hydrogen-bond donors (Lipinski definition) is 2. The van der Waals surface area contributed by atoms with Gasteiger partial charge in [0, 0.05) is 12.6 Å². The predicted molar refractivity (Wildman–Crippen MR) is 86.7 cm³/mol. The van der Waals surface area contributed by atoms with Crippen LogP contribution in [-0.4, -0.2) is 13.4 Å². The van der Waals surface area contributed by atoms with Crippen molar-refractivity contribution in [3.8, 4) is 0 Å². The van der Waals surface area contributed by atoms with Crippen LogP contribution in [0.1, 0.15) is 18.1 Å². The van der Waals surface area contributed by atoms with Crippen LogP contribution in [0.25, 0.3) is 11.1 Å². The topological polar surface area (TPSA) is 92.2 Å². The number of benzene rings is 2. The van der Waals surface area contributed by atoms with Crippen molar-refractivity contribution in [2.45, 2.75) is 24.8 Å². The number of sulfonamides is 1. The monoisotopic (exact) mass is 332 g/mol. The van der Waals surface area contributed by atoms with Gasteiger partial charge in [-0.2, -0.15) is 0 Å². The summed E-state index contributed by atoms with van der Waals surface area (Å²) in [5.41, 5.74) is 2.75. The average molecular weight is 332 g/mol. The summed E-state index contributed by atoms with van der Waals surface area (Å²) < 4.78 is 32.1. The molecule has 0 atom stereocenters. The first-order chi connectivity index (χ1) is 11.0. The molecule has 0 amide bonds. The van der Waals surface area contributed by atoms with Crippen molar-refractivity contribution in [3.05, 3.63) is 64.1 Å². The lowest BCUT2D eigenvalue weighted by atomic mass is 10.1. The highest BCUT2D eigenvalue weighted by molar-refractivity contribution is 7.89. The van der Waals surface area contributed by atoms with Crippen molar-refractivity contribution >= 4 is 21.1 Å². The van der Waals surface area contributed by atoms with Gasteiger partial charge in [0.1, 0.15) is 0 Å². The van der Waals surface area contributed by atoms with Gasteiger partial charge in [-0.05, 0) is 29.7 Å². The van der Waals surface area contributed by atoms with Gasteiger partial charge in [-0.3, -0.25) is 4.98 Å². The van der Waals surface area contributed by atoms with E-state index in [9.17, 15) is 13.2 Å². The average Bonchev–Trinajstić information content (AvgIpc) is 2.92. The standard InChI is InChI=1S/C16H16N2O4S/c1-2-11-3-5-12(6-4-11)10-17-23(20,21)13-7-8-14-15(9-13)22-16(19)18-14/h3-9,17H,2,10H2,1H3,(H,18,19). The molecule has 0 radical (unpaired) electrons. The number of rotatable bonds is 5. The quantitative estimate of drug-likeness (QED) is 0.749. The Morgan fingerprint density at radius 1 is 1.09 bits per heavy atom. The van der Waals surface area contributed by atoms with E-state index in [0.29, 0.717) is 5.52 Å². The SMILES string of the molecule is CCc1ccc(CNS(=O)(=O)c2ccc3[nH]c(=O)oc3c2)cc1. The second kappa shape index (κ2) is 6.02. The van der Waals surface area contributed by atoms with Gasteiger partial charge >= 0.3 is 5.76 Å². The summed E-state index contributed by atoms with van der Waals surface area (Å²) in [6.07, 6.45) is 0.938. The minimum absolute atomic E-state index is 0.0536.